The van der Waals surface area contributed by atoms with Crippen LogP contribution >= 0.6 is 0 Å². The van der Waals surface area contributed by atoms with E-state index in [9.17, 15) is 9.59 Å². The highest BCUT2D eigenvalue weighted by atomic mass is 16.2. The third-order valence-corrected chi connectivity index (χ3v) is 0.333. The Kier molecular flexibility index (Phi) is 2.04. The number of amides is 2. The molecule has 0 saturated heterocycles. The molecule has 0 aromatic heterocycles. The van der Waals surface area contributed by atoms with Crippen molar-refractivity contribution in [2.45, 2.75) is 0 Å². The van der Waals surface area contributed by atoms with E-state index in [2.05, 4.69) is 0 Å². The van der Waals surface area contributed by atoms with E-state index in [1.165, 1.54) is 7.05 Å². The fraction of sp³-hybridized carbons (Fsp3) is 0.333. The molecule has 0 N–H and O–H groups in total. The maximum atomic E-state index is 9.43. The molecule has 0 aromatic rings. The van der Waals surface area contributed by atoms with Crippen LogP contribution in [0.15, 0.2) is 0 Å². The van der Waals surface area contributed by atoms with Crippen molar-refractivity contribution in [3.63, 3.8) is 0 Å². The van der Waals surface area contributed by atoms with Crippen LogP contribution in [0, 0.1) is 0 Å². The molecule has 0 aliphatic rings. The van der Waals surface area contributed by atoms with Crippen LogP contribution < -0.4 is 0 Å². The van der Waals surface area contributed by atoms with Gasteiger partial charge in [0, 0.05) is 7.05 Å². The molecule has 34 valence electrons. The number of rotatable bonds is 2. The van der Waals surface area contributed by atoms with Gasteiger partial charge in [-0.2, -0.15) is 0 Å². The van der Waals surface area contributed by atoms with E-state index in [-0.39, 0.29) is 0 Å². The molecule has 0 spiro atoms. The molecular weight excluding hydrogens is 82.0 g/mol. The minimum atomic E-state index is 0.438. The molecule has 0 bridgehead atoms. The van der Waals surface area contributed by atoms with Crippen molar-refractivity contribution in [3.8, 4) is 0 Å². The third-order valence-electron chi connectivity index (χ3n) is 0.333. The number of hydrogen-bond donors (Lipinski definition) is 0. The summed E-state index contributed by atoms with van der Waals surface area (Å²) in [6.45, 7) is 0. The quantitative estimate of drug-likeness (QED) is 0.415. The first-order valence-corrected chi connectivity index (χ1v) is 1.44. The molecule has 0 heterocycles. The molecule has 3 heteroatoms. The van der Waals surface area contributed by atoms with E-state index in [4.69, 9.17) is 0 Å². The van der Waals surface area contributed by atoms with Crippen LogP contribution in [0.25, 0.3) is 0 Å². The Morgan fingerprint density at radius 1 is 1.33 bits per heavy atom. The van der Waals surface area contributed by atoms with Crippen molar-refractivity contribution < 1.29 is 9.59 Å². The fourth-order valence-corrected chi connectivity index (χ4v) is 0.0248. The van der Waals surface area contributed by atoms with E-state index >= 15 is 0 Å². The normalized spacial score (nSPS) is 6.83. The van der Waals surface area contributed by atoms with Gasteiger partial charge in [0.25, 0.3) is 0 Å². The van der Waals surface area contributed by atoms with Crippen molar-refractivity contribution in [1.82, 2.24) is 4.90 Å². The Bertz CT molecular complexity index is 53.8. The van der Waals surface area contributed by atoms with Crippen molar-refractivity contribution in [3.05, 3.63) is 0 Å². The molecule has 0 rings (SSSR count). The number of carbonyl (C=O) groups excluding carboxylic acids is 2. The van der Waals surface area contributed by atoms with E-state index in [0.29, 0.717) is 12.8 Å². The SMILES string of the molecule is CN(C=O)C=O. The van der Waals surface area contributed by atoms with E-state index < -0.39 is 0 Å². The monoisotopic (exact) mass is 87.0 g/mol. The summed E-state index contributed by atoms with van der Waals surface area (Å²) >= 11 is 0. The molecule has 0 saturated carbocycles. The maximum absolute atomic E-state index is 9.43. The van der Waals surface area contributed by atoms with Gasteiger partial charge in [-0.25, -0.2) is 0 Å². The molecule has 2 amide bonds. The van der Waals surface area contributed by atoms with Crippen LogP contribution in [0.3, 0.4) is 0 Å². The average molecular weight is 87.1 g/mol. The molecule has 0 unspecified atom stereocenters. The topological polar surface area (TPSA) is 37.4 Å². The standard InChI is InChI=1S/C3H5NO2/c1-4(2-5)3-6/h2-3H,1H3. The number of imide groups is 1. The number of nitrogens with zero attached hydrogens (tertiary/aromatic N) is 1. The predicted octanol–water partition coefficient (Wildman–Crippen LogP) is -0.769. The molecule has 0 radical (unpaired) electrons. The summed E-state index contributed by atoms with van der Waals surface area (Å²) in [6, 6.07) is 0. The smallest absolute Gasteiger partial charge is 0.215 e. The van der Waals surface area contributed by atoms with Crippen LogP contribution in [0.1, 0.15) is 0 Å². The zero-order valence-corrected chi connectivity index (χ0v) is 3.42. The fourth-order valence-electron chi connectivity index (χ4n) is 0.0248. The second-order valence-electron chi connectivity index (χ2n) is 0.876. The van der Waals surface area contributed by atoms with Gasteiger partial charge in [-0.15, -0.1) is 0 Å². The van der Waals surface area contributed by atoms with Crippen LogP contribution in [0.2, 0.25) is 0 Å². The summed E-state index contributed by atoms with van der Waals surface area (Å²) in [5.74, 6) is 0. The van der Waals surface area contributed by atoms with Crippen LogP contribution in [-0.2, 0) is 9.59 Å². The van der Waals surface area contributed by atoms with Crippen LogP contribution in [0.5, 0.6) is 0 Å². The van der Waals surface area contributed by atoms with Gasteiger partial charge in [-0.3, -0.25) is 14.5 Å². The molecule has 0 aliphatic heterocycles. The molecule has 0 atom stereocenters. The Morgan fingerprint density at radius 2 is 1.67 bits per heavy atom. The lowest BCUT2D eigenvalue weighted by Gasteiger charge is -1.91. The Labute approximate surface area is 35.6 Å². The first-order valence-electron chi connectivity index (χ1n) is 1.44. The Morgan fingerprint density at radius 3 is 1.67 bits per heavy atom. The third kappa shape index (κ3) is 1.46. The second kappa shape index (κ2) is 2.38. The minimum absolute atomic E-state index is 0.438. The molecule has 0 fully saturated rings. The van der Waals surface area contributed by atoms with Gasteiger partial charge >= 0.3 is 0 Å². The van der Waals surface area contributed by atoms with Crippen molar-refractivity contribution in [2.75, 3.05) is 7.05 Å². The van der Waals surface area contributed by atoms with Crippen molar-refractivity contribution in [2.24, 2.45) is 0 Å². The lowest BCUT2D eigenvalue weighted by atomic mass is 11.0. The number of hydrogen-bond acceptors (Lipinski definition) is 2. The van der Waals surface area contributed by atoms with Crippen LogP contribution in [0.4, 0.5) is 0 Å². The summed E-state index contributed by atoms with van der Waals surface area (Å²) in [5.41, 5.74) is 0. The highest BCUT2D eigenvalue weighted by molar-refractivity contribution is 5.67. The zero-order valence-electron chi connectivity index (χ0n) is 3.42. The molecular formula is C3H5NO2. The van der Waals surface area contributed by atoms with E-state index in [1.54, 1.807) is 0 Å². The summed E-state index contributed by atoms with van der Waals surface area (Å²) in [4.78, 5) is 19.8. The van der Waals surface area contributed by atoms with Gasteiger partial charge in [-0.05, 0) is 0 Å². The van der Waals surface area contributed by atoms with E-state index in [0.717, 1.165) is 4.90 Å². The molecule has 0 aromatic carbocycles. The largest absolute Gasteiger partial charge is 0.291 e. The Hall–Kier alpha value is -0.860. The summed E-state index contributed by atoms with van der Waals surface area (Å²) in [7, 11) is 1.38. The molecule has 0 aliphatic carbocycles. The summed E-state index contributed by atoms with van der Waals surface area (Å²) in [5, 5.41) is 0. The second-order valence-corrected chi connectivity index (χ2v) is 0.876. The van der Waals surface area contributed by atoms with Gasteiger partial charge in [0.2, 0.25) is 12.8 Å². The van der Waals surface area contributed by atoms with E-state index in [1.807, 2.05) is 0 Å². The average Bonchev–Trinajstić information content (AvgIpc) is 1.65. The van der Waals surface area contributed by atoms with Gasteiger partial charge in [0.05, 0.1) is 0 Å². The first-order chi connectivity index (χ1) is 2.81. The van der Waals surface area contributed by atoms with Crippen molar-refractivity contribution in [1.29, 1.82) is 0 Å². The highest BCUT2D eigenvalue weighted by Crippen LogP contribution is 1.55. The van der Waals surface area contributed by atoms with Crippen LogP contribution in [-0.4, -0.2) is 24.8 Å². The highest BCUT2D eigenvalue weighted by Gasteiger charge is 1.79. The van der Waals surface area contributed by atoms with Gasteiger partial charge in [0.1, 0.15) is 0 Å². The molecule has 6 heavy (non-hydrogen) atoms. The lowest BCUT2D eigenvalue weighted by Crippen LogP contribution is -2.11. The first kappa shape index (κ1) is 5.14. The minimum Gasteiger partial charge on any atom is -0.291 e. The Balaban J connectivity index is 3.21. The zero-order chi connectivity index (χ0) is 4.99. The van der Waals surface area contributed by atoms with Crippen molar-refractivity contribution >= 4 is 12.8 Å². The summed E-state index contributed by atoms with van der Waals surface area (Å²) < 4.78 is 0. The summed E-state index contributed by atoms with van der Waals surface area (Å²) in [6.07, 6.45) is 0.875. The van der Waals surface area contributed by atoms with Gasteiger partial charge in [0.15, 0.2) is 0 Å². The molecule has 3 nitrogen and oxygen atoms in total. The lowest BCUT2D eigenvalue weighted by molar-refractivity contribution is -0.127. The van der Waals surface area contributed by atoms with Gasteiger partial charge < -0.3 is 0 Å². The maximum Gasteiger partial charge on any atom is 0.215 e. The number of carbonyl (C=O) groups is 2. The van der Waals surface area contributed by atoms with Gasteiger partial charge in [-0.1, -0.05) is 0 Å². The predicted molar refractivity (Wildman–Crippen MR) is 19.9 cm³/mol.